The fraction of sp³-hybridized carbons (Fsp3) is 0.312. The van der Waals surface area contributed by atoms with Crippen LogP contribution in [0.5, 0.6) is 0 Å². The van der Waals surface area contributed by atoms with E-state index >= 15 is 0 Å². The van der Waals surface area contributed by atoms with Crippen LogP contribution in [0.15, 0.2) is 40.8 Å². The minimum absolute atomic E-state index is 0.0241. The number of thiazole rings is 1. The van der Waals surface area contributed by atoms with Crippen molar-refractivity contribution in [1.29, 1.82) is 0 Å². The minimum Gasteiger partial charge on any atom is -0.457 e. The van der Waals surface area contributed by atoms with Crippen molar-refractivity contribution < 1.29 is 12.8 Å². The van der Waals surface area contributed by atoms with Gasteiger partial charge in [0.15, 0.2) is 20.6 Å². The van der Waals surface area contributed by atoms with Gasteiger partial charge in [0.2, 0.25) is 0 Å². The Morgan fingerprint density at radius 2 is 2.13 bits per heavy atom. The van der Waals surface area contributed by atoms with E-state index in [4.69, 9.17) is 4.42 Å². The van der Waals surface area contributed by atoms with E-state index in [1.807, 2.05) is 36.4 Å². The fourth-order valence-corrected chi connectivity index (χ4v) is 5.40. The first-order valence-electron chi connectivity index (χ1n) is 7.47. The number of furan rings is 1. The predicted octanol–water partition coefficient (Wildman–Crippen LogP) is 2.83. The summed E-state index contributed by atoms with van der Waals surface area (Å²) in [6.07, 6.45) is 0.674. The lowest BCUT2D eigenvalue weighted by Gasteiger charge is -2.08. The number of fused-ring (bicyclic) bond motifs is 1. The number of benzene rings is 1. The number of rotatable bonds is 4. The van der Waals surface area contributed by atoms with Crippen molar-refractivity contribution in [3.05, 3.63) is 42.2 Å². The van der Waals surface area contributed by atoms with Crippen molar-refractivity contribution in [1.82, 2.24) is 10.3 Å². The molecule has 1 aliphatic heterocycles. The molecule has 1 saturated heterocycles. The highest BCUT2D eigenvalue weighted by molar-refractivity contribution is 7.91. The number of nitrogens with one attached hydrogen (secondary N) is 1. The van der Waals surface area contributed by atoms with Crippen LogP contribution >= 0.6 is 11.3 Å². The molecule has 1 N–H and O–H groups in total. The average Bonchev–Trinajstić information content (AvgIpc) is 3.21. The standard InChI is InChI=1S/C16H16N2O3S2/c19-23(20)8-7-11(10-23)17-9-12-5-6-14(21-12)16-18-13-3-1-2-4-15(13)22-16/h1-6,11,17H,7-10H2. The molecule has 0 saturated carbocycles. The van der Waals surface area contributed by atoms with Gasteiger partial charge in [-0.1, -0.05) is 12.1 Å². The van der Waals surface area contributed by atoms with Gasteiger partial charge in [-0.2, -0.15) is 0 Å². The highest BCUT2D eigenvalue weighted by atomic mass is 32.2. The Balaban J connectivity index is 1.46. The van der Waals surface area contributed by atoms with Crippen molar-refractivity contribution >= 4 is 31.4 Å². The predicted molar refractivity (Wildman–Crippen MR) is 91.2 cm³/mol. The number of aromatic nitrogens is 1. The number of hydrogen-bond donors (Lipinski definition) is 1. The Bertz CT molecular complexity index is 910. The van der Waals surface area contributed by atoms with E-state index < -0.39 is 9.84 Å². The van der Waals surface area contributed by atoms with Crippen molar-refractivity contribution in [3.8, 4) is 10.8 Å². The summed E-state index contributed by atoms with van der Waals surface area (Å²) in [5.41, 5.74) is 0.972. The Morgan fingerprint density at radius 1 is 1.26 bits per heavy atom. The quantitative estimate of drug-likeness (QED) is 0.785. The van der Waals surface area contributed by atoms with Crippen LogP contribution in [0.2, 0.25) is 0 Å². The lowest BCUT2D eigenvalue weighted by Crippen LogP contribution is -2.29. The zero-order valence-corrected chi connectivity index (χ0v) is 14.0. The van der Waals surface area contributed by atoms with E-state index in [0.29, 0.717) is 13.0 Å². The molecular weight excluding hydrogens is 332 g/mol. The molecule has 3 heterocycles. The van der Waals surface area contributed by atoms with Gasteiger partial charge in [0.25, 0.3) is 0 Å². The molecule has 3 aromatic rings. The van der Waals surface area contributed by atoms with Gasteiger partial charge in [-0.05, 0) is 30.7 Å². The van der Waals surface area contributed by atoms with E-state index in [2.05, 4.69) is 10.3 Å². The van der Waals surface area contributed by atoms with E-state index in [1.54, 1.807) is 11.3 Å². The van der Waals surface area contributed by atoms with Crippen LogP contribution in [-0.2, 0) is 16.4 Å². The maximum absolute atomic E-state index is 11.5. The van der Waals surface area contributed by atoms with E-state index in [9.17, 15) is 8.42 Å². The molecule has 0 spiro atoms. The molecule has 0 radical (unpaired) electrons. The van der Waals surface area contributed by atoms with Crippen LogP contribution in [0.4, 0.5) is 0 Å². The van der Waals surface area contributed by atoms with Crippen molar-refractivity contribution in [2.45, 2.75) is 19.0 Å². The Kier molecular flexibility index (Phi) is 3.71. The maximum atomic E-state index is 11.5. The molecule has 5 nitrogen and oxygen atoms in total. The largest absolute Gasteiger partial charge is 0.457 e. The van der Waals surface area contributed by atoms with Crippen molar-refractivity contribution in [2.24, 2.45) is 0 Å². The molecule has 1 unspecified atom stereocenters. The third kappa shape index (κ3) is 3.17. The van der Waals surface area contributed by atoms with Crippen LogP contribution < -0.4 is 5.32 Å². The Labute approximate surface area is 138 Å². The fourth-order valence-electron chi connectivity index (χ4n) is 2.77. The molecule has 0 amide bonds. The van der Waals surface area contributed by atoms with Crippen LogP contribution in [0.25, 0.3) is 21.0 Å². The van der Waals surface area contributed by atoms with Gasteiger partial charge in [0.05, 0.1) is 28.3 Å². The summed E-state index contributed by atoms with van der Waals surface area (Å²) in [7, 11) is -2.85. The van der Waals surface area contributed by atoms with Crippen molar-refractivity contribution in [3.63, 3.8) is 0 Å². The summed E-state index contributed by atoms with van der Waals surface area (Å²) >= 11 is 1.60. The first kappa shape index (κ1) is 14.9. The van der Waals surface area contributed by atoms with Crippen LogP contribution in [0.3, 0.4) is 0 Å². The Hall–Kier alpha value is -1.70. The topological polar surface area (TPSA) is 72.2 Å². The summed E-state index contributed by atoms with van der Waals surface area (Å²) in [6.45, 7) is 0.533. The average molecular weight is 348 g/mol. The zero-order chi connectivity index (χ0) is 15.9. The molecule has 0 aliphatic carbocycles. The summed E-state index contributed by atoms with van der Waals surface area (Å²) in [4.78, 5) is 4.58. The van der Waals surface area contributed by atoms with Gasteiger partial charge >= 0.3 is 0 Å². The van der Waals surface area contributed by atoms with Gasteiger partial charge in [0, 0.05) is 6.04 Å². The molecule has 1 fully saturated rings. The van der Waals surface area contributed by atoms with Gasteiger partial charge in [-0.15, -0.1) is 11.3 Å². The van der Waals surface area contributed by atoms with Gasteiger partial charge < -0.3 is 9.73 Å². The lowest BCUT2D eigenvalue weighted by molar-refractivity contribution is 0.464. The SMILES string of the molecule is O=S1(=O)CCC(NCc2ccc(-c3nc4ccccc4s3)o2)C1. The molecule has 1 atom stereocenters. The molecule has 120 valence electrons. The van der Waals surface area contributed by atoms with Crippen LogP contribution in [0, 0.1) is 0 Å². The van der Waals surface area contributed by atoms with E-state index in [0.717, 1.165) is 26.7 Å². The first-order valence-corrected chi connectivity index (χ1v) is 10.1. The summed E-state index contributed by atoms with van der Waals surface area (Å²) in [6, 6.07) is 11.9. The molecular formula is C16H16N2O3S2. The summed E-state index contributed by atoms with van der Waals surface area (Å²) < 4.78 is 29.9. The minimum atomic E-state index is -2.85. The number of para-hydroxylation sites is 1. The van der Waals surface area contributed by atoms with E-state index in [-0.39, 0.29) is 17.5 Å². The summed E-state index contributed by atoms with van der Waals surface area (Å²) in [5, 5.41) is 4.12. The third-order valence-corrected chi connectivity index (χ3v) is 6.78. The molecule has 1 aromatic carbocycles. The molecule has 0 bridgehead atoms. The smallest absolute Gasteiger partial charge is 0.163 e. The maximum Gasteiger partial charge on any atom is 0.163 e. The number of nitrogens with zero attached hydrogens (tertiary/aromatic N) is 1. The number of sulfone groups is 1. The normalized spacial score (nSPS) is 20.3. The Morgan fingerprint density at radius 3 is 2.91 bits per heavy atom. The summed E-state index contributed by atoms with van der Waals surface area (Å²) in [5.74, 6) is 2.05. The van der Waals surface area contributed by atoms with Crippen LogP contribution in [-0.4, -0.2) is 30.9 Å². The van der Waals surface area contributed by atoms with Gasteiger partial charge in [-0.3, -0.25) is 0 Å². The van der Waals surface area contributed by atoms with Crippen LogP contribution in [0.1, 0.15) is 12.2 Å². The van der Waals surface area contributed by atoms with E-state index in [1.165, 1.54) is 0 Å². The zero-order valence-electron chi connectivity index (χ0n) is 12.4. The van der Waals surface area contributed by atoms with Crippen molar-refractivity contribution in [2.75, 3.05) is 11.5 Å². The number of hydrogen-bond acceptors (Lipinski definition) is 6. The second kappa shape index (κ2) is 5.74. The molecule has 2 aromatic heterocycles. The second-order valence-electron chi connectivity index (χ2n) is 5.73. The monoisotopic (exact) mass is 348 g/mol. The van der Waals surface area contributed by atoms with Gasteiger partial charge in [-0.25, -0.2) is 13.4 Å². The highest BCUT2D eigenvalue weighted by Gasteiger charge is 2.27. The first-order chi connectivity index (χ1) is 11.1. The molecule has 7 heteroatoms. The second-order valence-corrected chi connectivity index (χ2v) is 8.99. The lowest BCUT2D eigenvalue weighted by atomic mass is 10.2. The third-order valence-electron chi connectivity index (χ3n) is 3.96. The molecule has 23 heavy (non-hydrogen) atoms. The molecule has 4 rings (SSSR count). The van der Waals surface area contributed by atoms with Gasteiger partial charge in [0.1, 0.15) is 5.76 Å². The molecule has 1 aliphatic rings. The highest BCUT2D eigenvalue weighted by Crippen LogP contribution is 2.31.